The van der Waals surface area contributed by atoms with Gasteiger partial charge in [0.2, 0.25) is 11.8 Å². The monoisotopic (exact) mass is 471 g/mol. The Bertz CT molecular complexity index is 1020. The summed E-state index contributed by atoms with van der Waals surface area (Å²) in [7, 11) is 1.73. The van der Waals surface area contributed by atoms with Crippen LogP contribution in [0.15, 0.2) is 24.3 Å². The minimum atomic E-state index is -0.568. The highest BCUT2D eigenvalue weighted by Gasteiger charge is 2.30. The minimum absolute atomic E-state index is 0.0612. The van der Waals surface area contributed by atoms with E-state index in [1.165, 1.54) is 11.3 Å². The summed E-state index contributed by atoms with van der Waals surface area (Å²) in [5, 5.41) is 6.33. The number of thiophene rings is 1. The van der Waals surface area contributed by atoms with Gasteiger partial charge in [0.05, 0.1) is 24.8 Å². The molecule has 0 saturated heterocycles. The predicted octanol–water partition coefficient (Wildman–Crippen LogP) is 4.26. The molecular weight excluding hydrogens is 438 g/mol. The van der Waals surface area contributed by atoms with Crippen LogP contribution in [-0.2, 0) is 27.2 Å². The summed E-state index contributed by atoms with van der Waals surface area (Å²) in [6.07, 6.45) is 2.72. The van der Waals surface area contributed by atoms with E-state index in [0.717, 1.165) is 35.3 Å². The van der Waals surface area contributed by atoms with Gasteiger partial charge in [0, 0.05) is 10.6 Å². The van der Waals surface area contributed by atoms with Crippen LogP contribution in [0.25, 0.3) is 0 Å². The normalized spacial score (nSPS) is 16.1. The molecule has 2 N–H and O–H groups in total. The molecule has 33 heavy (non-hydrogen) atoms. The SMILES string of the molecule is CCOC(=O)c1c(NC(=O)[C@@H](C)N(C)CC(=O)Nc2ccc(C)cc2)sc2c1CC[C@H](C)C2. The quantitative estimate of drug-likeness (QED) is 0.562. The highest BCUT2D eigenvalue weighted by Crippen LogP contribution is 2.40. The fourth-order valence-corrected chi connectivity index (χ4v) is 5.28. The summed E-state index contributed by atoms with van der Waals surface area (Å²) >= 11 is 1.46. The summed E-state index contributed by atoms with van der Waals surface area (Å²) in [5.41, 5.74) is 3.32. The van der Waals surface area contributed by atoms with E-state index in [0.29, 0.717) is 22.2 Å². The van der Waals surface area contributed by atoms with Crippen molar-refractivity contribution in [1.29, 1.82) is 0 Å². The Balaban J connectivity index is 1.67. The van der Waals surface area contributed by atoms with Gasteiger partial charge in [0.1, 0.15) is 5.00 Å². The first-order valence-electron chi connectivity index (χ1n) is 11.4. The molecule has 1 heterocycles. The molecule has 0 bridgehead atoms. The van der Waals surface area contributed by atoms with Crippen LogP contribution < -0.4 is 10.6 Å². The number of carbonyl (C=O) groups is 3. The summed E-state index contributed by atoms with van der Waals surface area (Å²) < 4.78 is 5.28. The third-order valence-electron chi connectivity index (χ3n) is 6.00. The molecule has 1 aromatic carbocycles. The van der Waals surface area contributed by atoms with Crippen molar-refractivity contribution in [2.24, 2.45) is 5.92 Å². The van der Waals surface area contributed by atoms with Crippen LogP contribution >= 0.6 is 11.3 Å². The molecule has 0 radical (unpaired) electrons. The van der Waals surface area contributed by atoms with E-state index in [9.17, 15) is 14.4 Å². The van der Waals surface area contributed by atoms with E-state index in [4.69, 9.17) is 4.74 Å². The highest BCUT2D eigenvalue weighted by molar-refractivity contribution is 7.17. The Morgan fingerprint density at radius 1 is 1.21 bits per heavy atom. The molecule has 178 valence electrons. The Morgan fingerprint density at radius 3 is 2.58 bits per heavy atom. The first kappa shape index (κ1) is 24.9. The Morgan fingerprint density at radius 2 is 1.91 bits per heavy atom. The number of rotatable bonds is 8. The Kier molecular flexibility index (Phi) is 8.26. The zero-order valence-electron chi connectivity index (χ0n) is 20.0. The number of nitrogens with one attached hydrogen (secondary N) is 2. The molecule has 1 aromatic heterocycles. The third-order valence-corrected chi connectivity index (χ3v) is 7.17. The number of nitrogens with zero attached hydrogens (tertiary/aromatic N) is 1. The lowest BCUT2D eigenvalue weighted by molar-refractivity contribution is -0.122. The van der Waals surface area contributed by atoms with Crippen molar-refractivity contribution < 1.29 is 19.1 Å². The lowest BCUT2D eigenvalue weighted by atomic mass is 9.88. The van der Waals surface area contributed by atoms with Crippen molar-refractivity contribution in [2.75, 3.05) is 30.8 Å². The van der Waals surface area contributed by atoms with E-state index >= 15 is 0 Å². The maximum absolute atomic E-state index is 13.0. The second-order valence-corrected chi connectivity index (χ2v) is 9.88. The number of esters is 1. The number of ether oxygens (including phenoxy) is 1. The second-order valence-electron chi connectivity index (χ2n) is 8.77. The smallest absolute Gasteiger partial charge is 0.341 e. The van der Waals surface area contributed by atoms with Crippen LogP contribution in [0.3, 0.4) is 0 Å². The minimum Gasteiger partial charge on any atom is -0.462 e. The molecule has 0 saturated carbocycles. The maximum atomic E-state index is 13.0. The van der Waals surface area contributed by atoms with Crippen LogP contribution in [-0.4, -0.2) is 48.9 Å². The number of hydrogen-bond acceptors (Lipinski definition) is 6. The molecule has 3 rings (SSSR count). The van der Waals surface area contributed by atoms with Gasteiger partial charge < -0.3 is 15.4 Å². The van der Waals surface area contributed by atoms with Crippen LogP contribution in [0, 0.1) is 12.8 Å². The number of fused-ring (bicyclic) bond motifs is 1. The standard InChI is InChI=1S/C25H33N3O4S/c1-6-32-25(31)22-19-12-9-16(3)13-20(19)33-24(22)27-23(30)17(4)28(5)14-21(29)26-18-10-7-15(2)8-11-18/h7-8,10-11,16-17H,6,9,12-14H2,1-5H3,(H,26,29)(H,27,30)/t16-,17+/m0/s1. The number of anilines is 2. The molecule has 0 unspecified atom stereocenters. The van der Waals surface area contributed by atoms with E-state index in [-0.39, 0.29) is 25.0 Å². The first-order chi connectivity index (χ1) is 15.7. The Hall–Kier alpha value is -2.71. The lowest BCUT2D eigenvalue weighted by Crippen LogP contribution is -2.43. The summed E-state index contributed by atoms with van der Waals surface area (Å²) in [6.45, 7) is 8.04. The predicted molar refractivity (Wildman–Crippen MR) is 132 cm³/mol. The van der Waals surface area contributed by atoms with Crippen molar-refractivity contribution in [3.05, 3.63) is 45.8 Å². The lowest BCUT2D eigenvalue weighted by Gasteiger charge is -2.23. The molecule has 8 heteroatoms. The molecular formula is C25H33N3O4S. The molecule has 7 nitrogen and oxygen atoms in total. The second kappa shape index (κ2) is 10.9. The van der Waals surface area contributed by atoms with E-state index in [2.05, 4.69) is 17.6 Å². The molecule has 2 amide bonds. The topological polar surface area (TPSA) is 87.7 Å². The van der Waals surface area contributed by atoms with Gasteiger partial charge in [-0.05, 0) is 70.7 Å². The number of amides is 2. The average Bonchev–Trinajstić information content (AvgIpc) is 3.11. The van der Waals surface area contributed by atoms with Gasteiger partial charge in [-0.3, -0.25) is 14.5 Å². The Labute approximate surface area is 199 Å². The van der Waals surface area contributed by atoms with Crippen molar-refractivity contribution in [1.82, 2.24) is 4.90 Å². The van der Waals surface area contributed by atoms with Crippen LogP contribution in [0.5, 0.6) is 0 Å². The molecule has 1 aliphatic rings. The molecule has 0 fully saturated rings. The maximum Gasteiger partial charge on any atom is 0.341 e. The van der Waals surface area contributed by atoms with Crippen molar-refractivity contribution in [3.8, 4) is 0 Å². The number of aryl methyl sites for hydroxylation is 1. The van der Waals surface area contributed by atoms with Crippen molar-refractivity contribution >= 4 is 39.8 Å². The number of hydrogen-bond donors (Lipinski definition) is 2. The number of carbonyl (C=O) groups excluding carboxylic acids is 3. The van der Waals surface area contributed by atoms with E-state index in [1.807, 2.05) is 31.2 Å². The fraction of sp³-hybridized carbons (Fsp3) is 0.480. The van der Waals surface area contributed by atoms with Gasteiger partial charge in [-0.25, -0.2) is 4.79 Å². The first-order valence-corrected chi connectivity index (χ1v) is 12.2. The van der Waals surface area contributed by atoms with Crippen LogP contribution in [0.4, 0.5) is 10.7 Å². The van der Waals surface area contributed by atoms with E-state index < -0.39 is 12.0 Å². The van der Waals surface area contributed by atoms with E-state index in [1.54, 1.807) is 25.8 Å². The zero-order valence-corrected chi connectivity index (χ0v) is 20.8. The summed E-state index contributed by atoms with van der Waals surface area (Å²) in [4.78, 5) is 40.9. The molecule has 1 aliphatic carbocycles. The zero-order chi connectivity index (χ0) is 24.1. The largest absolute Gasteiger partial charge is 0.462 e. The molecule has 2 atom stereocenters. The summed E-state index contributed by atoms with van der Waals surface area (Å²) in [5.74, 6) is -0.309. The van der Waals surface area contributed by atoms with Crippen molar-refractivity contribution in [2.45, 2.75) is 53.0 Å². The van der Waals surface area contributed by atoms with Crippen LogP contribution in [0.2, 0.25) is 0 Å². The van der Waals surface area contributed by atoms with Crippen LogP contribution in [0.1, 0.15) is 53.6 Å². The molecule has 2 aromatic rings. The molecule has 0 spiro atoms. The number of likely N-dealkylation sites (N-methyl/N-ethyl adjacent to an activating group) is 1. The third kappa shape index (κ3) is 6.21. The van der Waals surface area contributed by atoms with Gasteiger partial charge in [0.15, 0.2) is 0 Å². The van der Waals surface area contributed by atoms with Gasteiger partial charge in [-0.2, -0.15) is 0 Å². The van der Waals surface area contributed by atoms with Gasteiger partial charge in [0.25, 0.3) is 0 Å². The summed E-state index contributed by atoms with van der Waals surface area (Å²) in [6, 6.07) is 6.98. The highest BCUT2D eigenvalue weighted by atomic mass is 32.1. The van der Waals surface area contributed by atoms with Crippen molar-refractivity contribution in [3.63, 3.8) is 0 Å². The average molecular weight is 472 g/mol. The van der Waals surface area contributed by atoms with Gasteiger partial charge >= 0.3 is 5.97 Å². The van der Waals surface area contributed by atoms with Gasteiger partial charge in [-0.1, -0.05) is 24.6 Å². The molecule has 0 aliphatic heterocycles. The number of benzene rings is 1. The van der Waals surface area contributed by atoms with Gasteiger partial charge in [-0.15, -0.1) is 11.3 Å². The fourth-order valence-electron chi connectivity index (χ4n) is 3.88.